The van der Waals surface area contributed by atoms with E-state index in [1.165, 1.54) is 19.2 Å². The van der Waals surface area contributed by atoms with Gasteiger partial charge in [0, 0.05) is 17.8 Å². The lowest BCUT2D eigenvalue weighted by molar-refractivity contribution is -0.137. The second kappa shape index (κ2) is 9.27. The summed E-state index contributed by atoms with van der Waals surface area (Å²) >= 11 is 12.0. The number of alkyl halides is 3. The molecular weight excluding hydrogens is 458 g/mol. The first-order valence-corrected chi connectivity index (χ1v) is 9.28. The van der Waals surface area contributed by atoms with Crippen molar-refractivity contribution in [3.8, 4) is 5.75 Å². The van der Waals surface area contributed by atoms with Crippen molar-refractivity contribution in [2.24, 2.45) is 0 Å². The van der Waals surface area contributed by atoms with Gasteiger partial charge in [-0.3, -0.25) is 5.32 Å². The number of para-hydroxylation sites is 1. The zero-order valence-corrected chi connectivity index (χ0v) is 17.2. The van der Waals surface area contributed by atoms with Crippen molar-refractivity contribution in [1.29, 1.82) is 0 Å². The summed E-state index contributed by atoms with van der Waals surface area (Å²) in [5.41, 5.74) is -0.590. The molecule has 0 saturated heterocycles. The summed E-state index contributed by atoms with van der Waals surface area (Å²) in [6.07, 6.45) is -3.42. The highest BCUT2D eigenvalue weighted by atomic mass is 35.5. The number of ether oxygens (including phenoxy) is 1. The van der Waals surface area contributed by atoms with Gasteiger partial charge in [-0.25, -0.2) is 14.8 Å². The van der Waals surface area contributed by atoms with Crippen molar-refractivity contribution in [2.75, 3.05) is 23.1 Å². The van der Waals surface area contributed by atoms with Gasteiger partial charge in [0.05, 0.1) is 28.4 Å². The molecule has 0 bridgehead atoms. The molecule has 0 aliphatic carbocycles. The lowest BCUT2D eigenvalue weighted by Crippen LogP contribution is -2.20. The van der Waals surface area contributed by atoms with Gasteiger partial charge >= 0.3 is 12.2 Å². The number of halogens is 5. The molecule has 0 spiro atoms. The predicted molar refractivity (Wildman–Crippen MR) is 112 cm³/mol. The minimum atomic E-state index is -4.55. The third-order valence-electron chi connectivity index (χ3n) is 3.85. The van der Waals surface area contributed by atoms with Gasteiger partial charge in [0.25, 0.3) is 0 Å². The topological polar surface area (TPSA) is 88.2 Å². The highest BCUT2D eigenvalue weighted by molar-refractivity contribution is 6.39. The molecule has 2 amide bonds. The largest absolute Gasteiger partial charge is 0.497 e. The highest BCUT2D eigenvalue weighted by Crippen LogP contribution is 2.35. The minimum absolute atomic E-state index is 0.0146. The Labute approximate surface area is 184 Å². The second-order valence-electron chi connectivity index (χ2n) is 6.04. The van der Waals surface area contributed by atoms with Crippen LogP contribution in [0.15, 0.2) is 48.8 Å². The van der Waals surface area contributed by atoms with Gasteiger partial charge in [-0.15, -0.1) is 0 Å². The fraction of sp³-hybridized carbons (Fsp3) is 0.105. The number of anilines is 4. The molecule has 7 nitrogen and oxygen atoms in total. The van der Waals surface area contributed by atoms with Gasteiger partial charge in [0.1, 0.15) is 23.7 Å². The number of benzene rings is 2. The molecule has 0 atom stereocenters. The first kappa shape index (κ1) is 22.4. The van der Waals surface area contributed by atoms with Crippen molar-refractivity contribution >= 4 is 52.2 Å². The fourth-order valence-electron chi connectivity index (χ4n) is 2.47. The van der Waals surface area contributed by atoms with Crippen LogP contribution in [0.1, 0.15) is 5.56 Å². The van der Waals surface area contributed by atoms with E-state index in [0.29, 0.717) is 0 Å². The molecule has 1 heterocycles. The first-order valence-electron chi connectivity index (χ1n) is 8.53. The number of rotatable bonds is 5. The van der Waals surface area contributed by atoms with E-state index in [1.807, 2.05) is 0 Å². The monoisotopic (exact) mass is 471 g/mol. The fourth-order valence-corrected chi connectivity index (χ4v) is 2.96. The second-order valence-corrected chi connectivity index (χ2v) is 6.85. The molecule has 2 aromatic carbocycles. The number of urea groups is 1. The van der Waals surface area contributed by atoms with E-state index in [9.17, 15) is 18.0 Å². The summed E-state index contributed by atoms with van der Waals surface area (Å²) in [5.74, 6) is 0.236. The van der Waals surface area contributed by atoms with E-state index >= 15 is 0 Å². The van der Waals surface area contributed by atoms with E-state index in [1.54, 1.807) is 18.2 Å². The van der Waals surface area contributed by atoms with Crippen LogP contribution in [-0.4, -0.2) is 23.1 Å². The van der Waals surface area contributed by atoms with E-state index in [0.717, 1.165) is 18.5 Å². The lowest BCUT2D eigenvalue weighted by atomic mass is 10.2. The van der Waals surface area contributed by atoms with Crippen LogP contribution in [0.25, 0.3) is 0 Å². The number of nitrogens with one attached hydrogen (secondary N) is 3. The Morgan fingerprint density at radius 1 is 1.00 bits per heavy atom. The summed E-state index contributed by atoms with van der Waals surface area (Å²) in [5, 5.41) is 8.18. The molecule has 0 radical (unpaired) electrons. The number of nitrogens with zero attached hydrogens (tertiary/aromatic N) is 2. The van der Waals surface area contributed by atoms with Crippen LogP contribution in [0, 0.1) is 0 Å². The van der Waals surface area contributed by atoms with Gasteiger partial charge < -0.3 is 15.4 Å². The molecule has 31 heavy (non-hydrogen) atoms. The molecule has 0 unspecified atom stereocenters. The normalized spacial score (nSPS) is 11.0. The Bertz CT molecular complexity index is 1090. The Balaban J connectivity index is 1.76. The molecular formula is C19H14Cl2F3N5O2. The summed E-state index contributed by atoms with van der Waals surface area (Å²) in [4.78, 5) is 20.1. The van der Waals surface area contributed by atoms with Crippen LogP contribution >= 0.6 is 23.2 Å². The third-order valence-corrected chi connectivity index (χ3v) is 4.48. The molecule has 0 aliphatic heterocycles. The van der Waals surface area contributed by atoms with Crippen molar-refractivity contribution < 1.29 is 22.7 Å². The minimum Gasteiger partial charge on any atom is -0.497 e. The van der Waals surface area contributed by atoms with E-state index in [4.69, 9.17) is 27.9 Å². The Hall–Kier alpha value is -3.24. The molecule has 162 valence electrons. The van der Waals surface area contributed by atoms with E-state index < -0.39 is 17.8 Å². The molecule has 3 aromatic rings. The summed E-state index contributed by atoms with van der Waals surface area (Å²) in [6, 6.07) is 8.54. The summed E-state index contributed by atoms with van der Waals surface area (Å²) in [6.45, 7) is 0. The number of carbonyl (C=O) groups excluding carboxylic acids is 1. The first-order chi connectivity index (χ1) is 14.7. The molecule has 12 heteroatoms. The maximum atomic E-state index is 13.1. The summed E-state index contributed by atoms with van der Waals surface area (Å²) in [7, 11) is 1.26. The van der Waals surface area contributed by atoms with E-state index in [2.05, 4.69) is 25.9 Å². The Morgan fingerprint density at radius 3 is 2.32 bits per heavy atom. The Morgan fingerprint density at radius 2 is 1.68 bits per heavy atom. The van der Waals surface area contributed by atoms with Gasteiger partial charge in [-0.05, 0) is 24.3 Å². The average Bonchev–Trinajstić information content (AvgIpc) is 2.70. The van der Waals surface area contributed by atoms with Crippen LogP contribution in [0.5, 0.6) is 5.75 Å². The van der Waals surface area contributed by atoms with Gasteiger partial charge in [0.15, 0.2) is 0 Å². The molecule has 0 saturated carbocycles. The SMILES string of the molecule is COc1cc(Nc2cc(NC(=O)Nc3c(Cl)cccc3Cl)ncn2)cc(C(F)(F)F)c1. The van der Waals surface area contributed by atoms with Gasteiger partial charge in [-0.1, -0.05) is 29.3 Å². The lowest BCUT2D eigenvalue weighted by Gasteiger charge is -2.13. The molecule has 1 aromatic heterocycles. The average molecular weight is 472 g/mol. The van der Waals surface area contributed by atoms with Crippen LogP contribution in [0.4, 0.5) is 41.0 Å². The summed E-state index contributed by atoms with van der Waals surface area (Å²) < 4.78 is 44.2. The molecule has 3 N–H and O–H groups in total. The van der Waals surface area contributed by atoms with Crippen LogP contribution < -0.4 is 20.7 Å². The van der Waals surface area contributed by atoms with Gasteiger partial charge in [0.2, 0.25) is 0 Å². The van der Waals surface area contributed by atoms with Gasteiger partial charge in [-0.2, -0.15) is 13.2 Å². The van der Waals surface area contributed by atoms with Crippen molar-refractivity contribution in [3.05, 3.63) is 64.4 Å². The maximum absolute atomic E-state index is 13.1. The van der Waals surface area contributed by atoms with Crippen LogP contribution in [0.2, 0.25) is 10.0 Å². The highest BCUT2D eigenvalue weighted by Gasteiger charge is 2.31. The maximum Gasteiger partial charge on any atom is 0.416 e. The van der Waals surface area contributed by atoms with Crippen LogP contribution in [0.3, 0.4) is 0 Å². The number of hydrogen-bond donors (Lipinski definition) is 3. The number of amides is 2. The molecule has 3 rings (SSSR count). The zero-order valence-electron chi connectivity index (χ0n) is 15.7. The number of hydrogen-bond acceptors (Lipinski definition) is 5. The zero-order chi connectivity index (χ0) is 22.6. The smallest absolute Gasteiger partial charge is 0.416 e. The number of methoxy groups -OCH3 is 1. The predicted octanol–water partition coefficient (Wildman–Crippen LogP) is 6.20. The third kappa shape index (κ3) is 5.89. The quantitative estimate of drug-likeness (QED) is 0.412. The van der Waals surface area contributed by atoms with E-state index in [-0.39, 0.29) is 38.8 Å². The number of aromatic nitrogens is 2. The molecule has 0 aliphatic rings. The van der Waals surface area contributed by atoms with Crippen molar-refractivity contribution in [2.45, 2.75) is 6.18 Å². The number of carbonyl (C=O) groups is 1. The van der Waals surface area contributed by atoms with Crippen LogP contribution in [-0.2, 0) is 6.18 Å². The van der Waals surface area contributed by atoms with Crippen molar-refractivity contribution in [3.63, 3.8) is 0 Å². The Kier molecular flexibility index (Phi) is 6.71. The standard InChI is InChI=1S/C19H14Cl2F3N5O2/c1-31-12-6-10(19(22,23)24)5-11(7-12)27-15-8-16(26-9-25-15)28-18(30)29-17-13(20)3-2-4-14(17)21/h2-9H,1H3,(H3,25,26,27,28,29,30). The van der Waals surface area contributed by atoms with Crippen molar-refractivity contribution in [1.82, 2.24) is 9.97 Å². The molecule has 0 fully saturated rings.